The summed E-state index contributed by atoms with van der Waals surface area (Å²) in [4.78, 5) is 17.8. The fraction of sp³-hybridized carbons (Fsp3) is 0.538. The number of carbonyl (C=O) groups is 1. The van der Waals surface area contributed by atoms with Gasteiger partial charge >= 0.3 is 0 Å². The van der Waals surface area contributed by atoms with Crippen molar-refractivity contribution >= 4 is 17.4 Å². The third-order valence-electron chi connectivity index (χ3n) is 3.54. The van der Waals surface area contributed by atoms with Gasteiger partial charge in [0.15, 0.2) is 0 Å². The summed E-state index contributed by atoms with van der Waals surface area (Å²) >= 11 is 0. The van der Waals surface area contributed by atoms with Crippen molar-refractivity contribution in [2.24, 2.45) is 5.73 Å². The van der Waals surface area contributed by atoms with E-state index in [0.717, 1.165) is 19.6 Å². The Morgan fingerprint density at radius 1 is 1.53 bits per heavy atom. The zero-order valence-electron chi connectivity index (χ0n) is 11.2. The van der Waals surface area contributed by atoms with Gasteiger partial charge in [-0.05, 0) is 38.9 Å². The van der Waals surface area contributed by atoms with Crippen LogP contribution in [-0.4, -0.2) is 41.5 Å². The van der Waals surface area contributed by atoms with Crippen molar-refractivity contribution in [3.63, 3.8) is 0 Å². The van der Waals surface area contributed by atoms with Gasteiger partial charge in [-0.1, -0.05) is 0 Å². The summed E-state index contributed by atoms with van der Waals surface area (Å²) in [6.45, 7) is 5.29. The molecule has 2 heterocycles. The molecule has 1 atom stereocenters. The second-order valence-corrected chi connectivity index (χ2v) is 4.99. The van der Waals surface area contributed by atoms with Crippen LogP contribution < -0.4 is 16.8 Å². The Kier molecular flexibility index (Phi) is 4.21. The number of primary amides is 1. The van der Waals surface area contributed by atoms with Crippen molar-refractivity contribution in [3.8, 4) is 0 Å². The highest BCUT2D eigenvalue weighted by molar-refractivity contribution is 5.98. The molecule has 0 radical (unpaired) electrons. The molecule has 1 aromatic rings. The average molecular weight is 263 g/mol. The van der Waals surface area contributed by atoms with Crippen LogP contribution in [0.4, 0.5) is 11.5 Å². The molecular weight excluding hydrogens is 242 g/mol. The number of nitrogens with one attached hydrogen (secondary N) is 1. The van der Waals surface area contributed by atoms with E-state index in [2.05, 4.69) is 22.1 Å². The number of anilines is 2. The number of aromatic nitrogens is 1. The number of nitrogens with zero attached hydrogens (tertiary/aromatic N) is 2. The molecule has 0 saturated carbocycles. The van der Waals surface area contributed by atoms with Crippen LogP contribution in [0.25, 0.3) is 0 Å². The van der Waals surface area contributed by atoms with Gasteiger partial charge in [-0.15, -0.1) is 0 Å². The topological polar surface area (TPSA) is 97.3 Å². The van der Waals surface area contributed by atoms with E-state index in [9.17, 15) is 4.79 Å². The smallest absolute Gasteiger partial charge is 0.250 e. The minimum atomic E-state index is -0.532. The first-order valence-electron chi connectivity index (χ1n) is 6.61. The van der Waals surface area contributed by atoms with Crippen LogP contribution in [0.2, 0.25) is 0 Å². The van der Waals surface area contributed by atoms with E-state index in [1.807, 2.05) is 0 Å². The van der Waals surface area contributed by atoms with Crippen molar-refractivity contribution in [1.82, 2.24) is 9.88 Å². The minimum absolute atomic E-state index is 0.311. The SMILES string of the molecule is CC(CNc1cc(C(N)=O)c(N)cn1)N1CCCC1. The van der Waals surface area contributed by atoms with Crippen molar-refractivity contribution in [3.05, 3.63) is 17.8 Å². The van der Waals surface area contributed by atoms with Gasteiger partial charge < -0.3 is 16.8 Å². The van der Waals surface area contributed by atoms with Crippen LogP contribution in [-0.2, 0) is 0 Å². The molecule has 0 aromatic carbocycles. The fourth-order valence-electron chi connectivity index (χ4n) is 2.34. The highest BCUT2D eigenvalue weighted by atomic mass is 16.1. The first kappa shape index (κ1) is 13.6. The number of rotatable bonds is 5. The standard InChI is InChI=1S/C13H21N5O/c1-9(18-4-2-3-5-18)7-16-12-6-10(13(15)19)11(14)8-17-12/h6,8-9H,2-5,7,14H2,1H3,(H2,15,19)(H,16,17). The van der Waals surface area contributed by atoms with Crippen molar-refractivity contribution in [1.29, 1.82) is 0 Å². The molecule has 5 N–H and O–H groups in total. The third kappa shape index (κ3) is 3.35. The van der Waals surface area contributed by atoms with E-state index in [4.69, 9.17) is 11.5 Å². The van der Waals surface area contributed by atoms with Gasteiger partial charge in [-0.2, -0.15) is 0 Å². The van der Waals surface area contributed by atoms with Gasteiger partial charge in [0.25, 0.3) is 5.91 Å². The molecule has 104 valence electrons. The summed E-state index contributed by atoms with van der Waals surface area (Å²) in [5.74, 6) is 0.101. The van der Waals surface area contributed by atoms with Crippen molar-refractivity contribution in [2.45, 2.75) is 25.8 Å². The first-order chi connectivity index (χ1) is 9.08. The predicted molar refractivity (Wildman–Crippen MR) is 75.9 cm³/mol. The minimum Gasteiger partial charge on any atom is -0.397 e. The number of amides is 1. The van der Waals surface area contributed by atoms with Gasteiger partial charge in [0.05, 0.1) is 17.4 Å². The summed E-state index contributed by atoms with van der Waals surface area (Å²) in [5, 5.41) is 3.23. The molecule has 1 aliphatic heterocycles. The maximum absolute atomic E-state index is 11.2. The highest BCUT2D eigenvalue weighted by Gasteiger charge is 2.17. The molecule has 1 aromatic heterocycles. The molecule has 0 spiro atoms. The Hall–Kier alpha value is -1.82. The summed E-state index contributed by atoms with van der Waals surface area (Å²) < 4.78 is 0. The number of carbonyl (C=O) groups excluding carboxylic acids is 1. The lowest BCUT2D eigenvalue weighted by Crippen LogP contribution is -2.35. The second kappa shape index (κ2) is 5.88. The Balaban J connectivity index is 1.95. The average Bonchev–Trinajstić information content (AvgIpc) is 2.91. The van der Waals surface area contributed by atoms with Crippen LogP contribution in [0.5, 0.6) is 0 Å². The van der Waals surface area contributed by atoms with E-state index in [0.29, 0.717) is 23.1 Å². The van der Waals surface area contributed by atoms with E-state index in [1.54, 1.807) is 6.07 Å². The zero-order valence-corrected chi connectivity index (χ0v) is 11.2. The molecule has 19 heavy (non-hydrogen) atoms. The molecule has 1 unspecified atom stereocenters. The third-order valence-corrected chi connectivity index (χ3v) is 3.54. The molecule has 6 heteroatoms. The molecule has 1 amide bonds. The van der Waals surface area contributed by atoms with Crippen molar-refractivity contribution < 1.29 is 4.79 Å². The molecule has 1 saturated heterocycles. The fourth-order valence-corrected chi connectivity index (χ4v) is 2.34. The lowest BCUT2D eigenvalue weighted by Gasteiger charge is -2.24. The molecule has 1 fully saturated rings. The zero-order chi connectivity index (χ0) is 13.8. The largest absolute Gasteiger partial charge is 0.397 e. The Morgan fingerprint density at radius 3 is 2.84 bits per heavy atom. The Labute approximate surface area is 113 Å². The van der Waals surface area contributed by atoms with Crippen LogP contribution in [0.15, 0.2) is 12.3 Å². The number of nitrogen functional groups attached to an aromatic ring is 1. The molecule has 6 nitrogen and oxygen atoms in total. The van der Waals surface area contributed by atoms with E-state index in [1.165, 1.54) is 19.0 Å². The normalized spacial score (nSPS) is 17.3. The maximum atomic E-state index is 11.2. The van der Waals surface area contributed by atoms with Crippen LogP contribution >= 0.6 is 0 Å². The van der Waals surface area contributed by atoms with Gasteiger partial charge in [0, 0.05) is 12.6 Å². The van der Waals surface area contributed by atoms with Crippen LogP contribution in [0.3, 0.4) is 0 Å². The Morgan fingerprint density at radius 2 is 2.21 bits per heavy atom. The first-order valence-corrected chi connectivity index (χ1v) is 6.61. The van der Waals surface area contributed by atoms with E-state index in [-0.39, 0.29) is 0 Å². The summed E-state index contributed by atoms with van der Waals surface area (Å²) in [7, 11) is 0. The van der Waals surface area contributed by atoms with E-state index < -0.39 is 5.91 Å². The summed E-state index contributed by atoms with van der Waals surface area (Å²) in [5.41, 5.74) is 11.5. The van der Waals surface area contributed by atoms with Gasteiger partial charge in [0.2, 0.25) is 0 Å². The van der Waals surface area contributed by atoms with Gasteiger partial charge in [-0.3, -0.25) is 9.69 Å². The lowest BCUT2D eigenvalue weighted by molar-refractivity contribution is 0.100. The number of hydrogen-bond donors (Lipinski definition) is 3. The number of likely N-dealkylation sites (tertiary alicyclic amines) is 1. The number of pyridine rings is 1. The van der Waals surface area contributed by atoms with Crippen LogP contribution in [0, 0.1) is 0 Å². The van der Waals surface area contributed by atoms with E-state index >= 15 is 0 Å². The Bertz CT molecular complexity index is 456. The lowest BCUT2D eigenvalue weighted by atomic mass is 10.2. The maximum Gasteiger partial charge on any atom is 0.250 e. The summed E-state index contributed by atoms with van der Waals surface area (Å²) in [6, 6.07) is 2.05. The predicted octanol–water partition coefficient (Wildman–Crippen LogP) is 0.659. The second-order valence-electron chi connectivity index (χ2n) is 4.99. The monoisotopic (exact) mass is 263 g/mol. The number of hydrogen-bond acceptors (Lipinski definition) is 5. The van der Waals surface area contributed by atoms with Gasteiger partial charge in [-0.25, -0.2) is 4.98 Å². The quantitative estimate of drug-likeness (QED) is 0.725. The molecular formula is C13H21N5O. The summed E-state index contributed by atoms with van der Waals surface area (Å²) in [6.07, 6.45) is 4.01. The molecule has 1 aliphatic rings. The van der Waals surface area contributed by atoms with Gasteiger partial charge in [0.1, 0.15) is 5.82 Å². The molecule has 0 bridgehead atoms. The molecule has 2 rings (SSSR count). The highest BCUT2D eigenvalue weighted by Crippen LogP contribution is 2.15. The van der Waals surface area contributed by atoms with Crippen LogP contribution in [0.1, 0.15) is 30.1 Å². The molecule has 0 aliphatic carbocycles. The number of nitrogens with two attached hydrogens (primary N) is 2. The van der Waals surface area contributed by atoms with Crippen molar-refractivity contribution in [2.75, 3.05) is 30.7 Å².